The number of anilines is 1. The van der Waals surface area contributed by atoms with Crippen molar-refractivity contribution in [3.8, 4) is 11.5 Å². The Labute approximate surface area is 161 Å². The smallest absolute Gasteiger partial charge is 0.322 e. The van der Waals surface area contributed by atoms with Crippen molar-refractivity contribution in [3.63, 3.8) is 0 Å². The van der Waals surface area contributed by atoms with Crippen molar-refractivity contribution in [2.75, 3.05) is 39.8 Å². The van der Waals surface area contributed by atoms with Crippen LogP contribution in [0, 0.1) is 0 Å². The van der Waals surface area contributed by atoms with E-state index in [1.165, 1.54) is 0 Å². The summed E-state index contributed by atoms with van der Waals surface area (Å²) in [5, 5.41) is 2.95. The molecule has 0 aliphatic heterocycles. The van der Waals surface area contributed by atoms with Crippen molar-refractivity contribution < 1.29 is 19.0 Å². The largest absolute Gasteiger partial charge is 0.497 e. The van der Waals surface area contributed by atoms with Gasteiger partial charge in [-0.2, -0.15) is 0 Å². The molecule has 6 heteroatoms. The molecule has 6 nitrogen and oxygen atoms in total. The van der Waals surface area contributed by atoms with Gasteiger partial charge >= 0.3 is 6.03 Å². The number of carbonyl (C=O) groups excluding carboxylic acids is 1. The summed E-state index contributed by atoms with van der Waals surface area (Å²) in [6, 6.07) is 15.1. The van der Waals surface area contributed by atoms with Crippen LogP contribution in [0.25, 0.3) is 0 Å². The normalized spacial score (nSPS) is 10.3. The maximum absolute atomic E-state index is 12.9. The van der Waals surface area contributed by atoms with E-state index in [2.05, 4.69) is 5.32 Å². The minimum Gasteiger partial charge on any atom is -0.497 e. The fraction of sp³-hybridized carbons (Fsp3) is 0.381. The average molecular weight is 372 g/mol. The van der Waals surface area contributed by atoms with E-state index in [0.717, 1.165) is 18.4 Å². The second kappa shape index (κ2) is 11.1. The predicted octanol–water partition coefficient (Wildman–Crippen LogP) is 4.16. The highest BCUT2D eigenvalue weighted by Crippen LogP contribution is 2.26. The zero-order chi connectivity index (χ0) is 19.5. The fourth-order valence-electron chi connectivity index (χ4n) is 2.69. The van der Waals surface area contributed by atoms with Crippen molar-refractivity contribution in [2.24, 2.45) is 0 Å². The van der Waals surface area contributed by atoms with E-state index in [1.807, 2.05) is 30.3 Å². The van der Waals surface area contributed by atoms with E-state index in [-0.39, 0.29) is 6.03 Å². The third kappa shape index (κ3) is 6.83. The lowest BCUT2D eigenvalue weighted by Crippen LogP contribution is -2.35. The first-order valence-electron chi connectivity index (χ1n) is 8.98. The maximum atomic E-state index is 12.9. The molecule has 0 bridgehead atoms. The molecule has 0 aliphatic rings. The summed E-state index contributed by atoms with van der Waals surface area (Å²) >= 11 is 0. The predicted molar refractivity (Wildman–Crippen MR) is 107 cm³/mol. The molecule has 2 amide bonds. The summed E-state index contributed by atoms with van der Waals surface area (Å²) < 4.78 is 15.6. The zero-order valence-electron chi connectivity index (χ0n) is 16.2. The quantitative estimate of drug-likeness (QED) is 0.636. The minimum absolute atomic E-state index is 0.161. The highest BCUT2D eigenvalue weighted by atomic mass is 16.5. The molecule has 2 aromatic carbocycles. The summed E-state index contributed by atoms with van der Waals surface area (Å²) in [4.78, 5) is 14.7. The summed E-state index contributed by atoms with van der Waals surface area (Å²) in [5.74, 6) is 1.25. The third-order valence-electron chi connectivity index (χ3n) is 4.13. The van der Waals surface area contributed by atoms with Gasteiger partial charge in [-0.1, -0.05) is 30.3 Å². The topological polar surface area (TPSA) is 60.0 Å². The van der Waals surface area contributed by atoms with Gasteiger partial charge < -0.3 is 24.4 Å². The Morgan fingerprint density at radius 2 is 1.63 bits per heavy atom. The molecule has 0 atom stereocenters. The number of ether oxygens (including phenoxy) is 3. The van der Waals surface area contributed by atoms with E-state index >= 15 is 0 Å². The first kappa shape index (κ1) is 20.6. The van der Waals surface area contributed by atoms with Crippen LogP contribution in [0.15, 0.2) is 48.5 Å². The molecule has 0 radical (unpaired) electrons. The number of nitrogens with zero attached hydrogens (tertiary/aromatic N) is 1. The Hall–Kier alpha value is -2.73. The van der Waals surface area contributed by atoms with Crippen LogP contribution in [0.3, 0.4) is 0 Å². The van der Waals surface area contributed by atoms with E-state index in [0.29, 0.717) is 36.9 Å². The lowest BCUT2D eigenvalue weighted by molar-refractivity contribution is 0.182. The minimum atomic E-state index is -0.161. The molecule has 0 saturated carbocycles. The van der Waals surface area contributed by atoms with E-state index in [1.54, 1.807) is 44.4 Å². The van der Waals surface area contributed by atoms with Gasteiger partial charge in [0.2, 0.25) is 0 Å². The fourth-order valence-corrected chi connectivity index (χ4v) is 2.69. The number of carbonyl (C=O) groups is 1. The van der Waals surface area contributed by atoms with Crippen LogP contribution in [0.5, 0.6) is 11.5 Å². The van der Waals surface area contributed by atoms with Gasteiger partial charge in [0.05, 0.1) is 14.2 Å². The van der Waals surface area contributed by atoms with Crippen LogP contribution < -0.4 is 14.8 Å². The SMILES string of the molecule is COCCCCN(Cc1ccccc1)C(=O)Nc1cc(OC)cc(OC)c1. The van der Waals surface area contributed by atoms with E-state index in [4.69, 9.17) is 14.2 Å². The molecule has 2 aromatic rings. The van der Waals surface area contributed by atoms with Crippen molar-refractivity contribution in [1.29, 1.82) is 0 Å². The number of urea groups is 1. The first-order chi connectivity index (χ1) is 13.2. The van der Waals surface area contributed by atoms with Gasteiger partial charge in [-0.3, -0.25) is 0 Å². The standard InChI is InChI=1S/C21H28N2O4/c1-25-12-8-7-11-23(16-17-9-5-4-6-10-17)21(24)22-18-13-19(26-2)15-20(14-18)27-3/h4-6,9-10,13-15H,7-8,11-12,16H2,1-3H3,(H,22,24). The lowest BCUT2D eigenvalue weighted by Gasteiger charge is -2.23. The van der Waals surface area contributed by atoms with Gasteiger partial charge in [0.25, 0.3) is 0 Å². The molecular weight excluding hydrogens is 344 g/mol. The Morgan fingerprint density at radius 1 is 0.963 bits per heavy atom. The molecule has 0 fully saturated rings. The number of hydrogen-bond donors (Lipinski definition) is 1. The van der Waals surface area contributed by atoms with Crippen LogP contribution in [-0.2, 0) is 11.3 Å². The Balaban J connectivity index is 2.09. The van der Waals surface area contributed by atoms with Crippen LogP contribution in [0.1, 0.15) is 18.4 Å². The van der Waals surface area contributed by atoms with E-state index in [9.17, 15) is 4.79 Å². The molecule has 27 heavy (non-hydrogen) atoms. The molecule has 0 aliphatic carbocycles. The molecule has 0 heterocycles. The second-order valence-corrected chi connectivity index (χ2v) is 6.14. The summed E-state index contributed by atoms with van der Waals surface area (Å²) in [6.07, 6.45) is 1.78. The molecule has 0 saturated heterocycles. The summed E-state index contributed by atoms with van der Waals surface area (Å²) in [6.45, 7) is 1.87. The third-order valence-corrected chi connectivity index (χ3v) is 4.13. The number of rotatable bonds is 10. The second-order valence-electron chi connectivity index (χ2n) is 6.14. The maximum Gasteiger partial charge on any atom is 0.322 e. The van der Waals surface area contributed by atoms with Crippen molar-refractivity contribution >= 4 is 11.7 Å². The molecule has 0 aromatic heterocycles. The highest BCUT2D eigenvalue weighted by Gasteiger charge is 2.15. The van der Waals surface area contributed by atoms with Gasteiger partial charge in [0.1, 0.15) is 11.5 Å². The number of benzene rings is 2. The monoisotopic (exact) mass is 372 g/mol. The molecule has 0 spiro atoms. The van der Waals surface area contributed by atoms with Crippen molar-refractivity contribution in [3.05, 3.63) is 54.1 Å². The van der Waals surface area contributed by atoms with Crippen LogP contribution in [0.2, 0.25) is 0 Å². The molecule has 2 rings (SSSR count). The summed E-state index contributed by atoms with van der Waals surface area (Å²) in [5.41, 5.74) is 1.72. The number of amides is 2. The Kier molecular flexibility index (Phi) is 8.45. The van der Waals surface area contributed by atoms with Crippen LogP contribution >= 0.6 is 0 Å². The number of nitrogens with one attached hydrogen (secondary N) is 1. The van der Waals surface area contributed by atoms with Gasteiger partial charge in [-0.25, -0.2) is 4.79 Å². The molecule has 146 valence electrons. The molecule has 0 unspecified atom stereocenters. The molecular formula is C21H28N2O4. The van der Waals surface area contributed by atoms with Gasteiger partial charge in [-0.15, -0.1) is 0 Å². The first-order valence-corrected chi connectivity index (χ1v) is 8.98. The van der Waals surface area contributed by atoms with Crippen molar-refractivity contribution in [1.82, 2.24) is 4.90 Å². The Morgan fingerprint density at radius 3 is 2.22 bits per heavy atom. The van der Waals surface area contributed by atoms with E-state index < -0.39 is 0 Å². The molecule has 1 N–H and O–H groups in total. The number of unbranched alkanes of at least 4 members (excludes halogenated alkanes) is 1. The Bertz CT molecular complexity index is 684. The highest BCUT2D eigenvalue weighted by molar-refractivity contribution is 5.89. The zero-order valence-corrected chi connectivity index (χ0v) is 16.2. The van der Waals surface area contributed by atoms with Crippen LogP contribution in [0.4, 0.5) is 10.5 Å². The van der Waals surface area contributed by atoms with Gasteiger partial charge in [0, 0.05) is 50.7 Å². The lowest BCUT2D eigenvalue weighted by atomic mass is 10.2. The van der Waals surface area contributed by atoms with Gasteiger partial charge in [-0.05, 0) is 18.4 Å². The van der Waals surface area contributed by atoms with Crippen molar-refractivity contribution in [2.45, 2.75) is 19.4 Å². The average Bonchev–Trinajstić information content (AvgIpc) is 2.70. The van der Waals surface area contributed by atoms with Crippen LogP contribution in [-0.4, -0.2) is 45.4 Å². The number of methoxy groups -OCH3 is 3. The summed E-state index contributed by atoms with van der Waals surface area (Å²) in [7, 11) is 4.85. The van der Waals surface area contributed by atoms with Gasteiger partial charge in [0.15, 0.2) is 0 Å². The number of hydrogen-bond acceptors (Lipinski definition) is 4.